The number of nitrogen functional groups attached to an aromatic ring is 1. The zero-order valence-corrected chi connectivity index (χ0v) is 10.5. The molecule has 0 saturated heterocycles. The van der Waals surface area contributed by atoms with Crippen LogP contribution in [0.2, 0.25) is 0 Å². The maximum absolute atomic E-state index is 5.73. The standard InChI is InChI=1S/C14H16N2O2/c1-3-17-13-5-4-6-14(16-13)18-12-9-11(15)8-7-10(12)2/h4-9H,3,15H2,1-2H3. The molecule has 0 bridgehead atoms. The third-order valence-electron chi connectivity index (χ3n) is 2.42. The Hall–Kier alpha value is -2.23. The van der Waals surface area contributed by atoms with Crippen LogP contribution < -0.4 is 15.2 Å². The van der Waals surface area contributed by atoms with Crippen molar-refractivity contribution in [3.63, 3.8) is 0 Å². The Morgan fingerprint density at radius 1 is 1.17 bits per heavy atom. The van der Waals surface area contributed by atoms with E-state index in [2.05, 4.69) is 4.98 Å². The van der Waals surface area contributed by atoms with E-state index in [1.807, 2.05) is 32.0 Å². The van der Waals surface area contributed by atoms with Gasteiger partial charge < -0.3 is 15.2 Å². The molecule has 2 rings (SSSR count). The first-order valence-corrected chi connectivity index (χ1v) is 5.83. The average Bonchev–Trinajstić information content (AvgIpc) is 2.35. The minimum absolute atomic E-state index is 0.495. The van der Waals surface area contributed by atoms with Gasteiger partial charge in [0.1, 0.15) is 5.75 Å². The Labute approximate surface area is 106 Å². The van der Waals surface area contributed by atoms with Gasteiger partial charge in [0.2, 0.25) is 11.8 Å². The van der Waals surface area contributed by atoms with E-state index in [1.165, 1.54) is 0 Å². The van der Waals surface area contributed by atoms with Crippen molar-refractivity contribution in [3.05, 3.63) is 42.0 Å². The zero-order chi connectivity index (χ0) is 13.0. The van der Waals surface area contributed by atoms with Crippen LogP contribution in [-0.2, 0) is 0 Å². The molecule has 94 valence electrons. The summed E-state index contributed by atoms with van der Waals surface area (Å²) in [7, 11) is 0. The molecule has 0 spiro atoms. The first-order chi connectivity index (χ1) is 8.69. The van der Waals surface area contributed by atoms with E-state index in [4.69, 9.17) is 15.2 Å². The lowest BCUT2D eigenvalue weighted by Gasteiger charge is -2.09. The van der Waals surface area contributed by atoms with Crippen LogP contribution in [0, 0.1) is 6.92 Å². The minimum atomic E-state index is 0.495. The number of aryl methyl sites for hydroxylation is 1. The van der Waals surface area contributed by atoms with Gasteiger partial charge in [-0.05, 0) is 25.5 Å². The largest absolute Gasteiger partial charge is 0.478 e. The van der Waals surface area contributed by atoms with Gasteiger partial charge in [-0.15, -0.1) is 0 Å². The molecule has 0 aliphatic heterocycles. The topological polar surface area (TPSA) is 57.4 Å². The fraction of sp³-hybridized carbons (Fsp3) is 0.214. The first kappa shape index (κ1) is 12.2. The molecule has 4 heteroatoms. The fourth-order valence-electron chi connectivity index (χ4n) is 1.52. The lowest BCUT2D eigenvalue weighted by molar-refractivity contribution is 0.321. The van der Waals surface area contributed by atoms with Crippen molar-refractivity contribution in [2.24, 2.45) is 0 Å². The molecule has 1 heterocycles. The third-order valence-corrected chi connectivity index (χ3v) is 2.42. The van der Waals surface area contributed by atoms with Crippen molar-refractivity contribution in [1.29, 1.82) is 0 Å². The highest BCUT2D eigenvalue weighted by Gasteiger charge is 2.04. The van der Waals surface area contributed by atoms with Gasteiger partial charge in [-0.1, -0.05) is 12.1 Å². The first-order valence-electron chi connectivity index (χ1n) is 5.83. The predicted molar refractivity (Wildman–Crippen MR) is 71.1 cm³/mol. The number of rotatable bonds is 4. The van der Waals surface area contributed by atoms with Crippen molar-refractivity contribution in [2.45, 2.75) is 13.8 Å². The van der Waals surface area contributed by atoms with E-state index in [1.54, 1.807) is 18.2 Å². The van der Waals surface area contributed by atoms with E-state index in [9.17, 15) is 0 Å². The molecule has 2 aromatic rings. The normalized spacial score (nSPS) is 10.1. The molecule has 0 aliphatic rings. The maximum Gasteiger partial charge on any atom is 0.222 e. The summed E-state index contributed by atoms with van der Waals surface area (Å²) < 4.78 is 11.0. The van der Waals surface area contributed by atoms with E-state index in [0.717, 1.165) is 5.56 Å². The van der Waals surface area contributed by atoms with E-state index in [0.29, 0.717) is 29.8 Å². The molecule has 0 unspecified atom stereocenters. The van der Waals surface area contributed by atoms with Gasteiger partial charge >= 0.3 is 0 Å². The van der Waals surface area contributed by atoms with Crippen LogP contribution in [0.3, 0.4) is 0 Å². The number of aromatic nitrogens is 1. The summed E-state index contributed by atoms with van der Waals surface area (Å²) in [6, 6.07) is 11.0. The smallest absolute Gasteiger partial charge is 0.222 e. The SMILES string of the molecule is CCOc1cccc(Oc2cc(N)ccc2C)n1. The van der Waals surface area contributed by atoms with Crippen molar-refractivity contribution < 1.29 is 9.47 Å². The Kier molecular flexibility index (Phi) is 3.67. The summed E-state index contributed by atoms with van der Waals surface area (Å²) in [5.74, 6) is 1.75. The average molecular weight is 244 g/mol. The highest BCUT2D eigenvalue weighted by Crippen LogP contribution is 2.26. The Balaban J connectivity index is 2.22. The molecule has 4 nitrogen and oxygen atoms in total. The van der Waals surface area contributed by atoms with Crippen LogP contribution in [0.4, 0.5) is 5.69 Å². The second-order valence-electron chi connectivity index (χ2n) is 3.87. The molecular weight excluding hydrogens is 228 g/mol. The van der Waals surface area contributed by atoms with Crippen molar-refractivity contribution in [1.82, 2.24) is 4.98 Å². The Bertz CT molecular complexity index is 541. The number of nitrogens with two attached hydrogens (primary N) is 1. The fourth-order valence-corrected chi connectivity index (χ4v) is 1.52. The van der Waals surface area contributed by atoms with E-state index < -0.39 is 0 Å². The monoisotopic (exact) mass is 244 g/mol. The lowest BCUT2D eigenvalue weighted by Crippen LogP contribution is -1.96. The predicted octanol–water partition coefficient (Wildman–Crippen LogP) is 3.16. The molecule has 0 aliphatic carbocycles. The van der Waals surface area contributed by atoms with Crippen molar-refractivity contribution in [3.8, 4) is 17.5 Å². The molecule has 0 amide bonds. The van der Waals surface area contributed by atoms with Crippen LogP contribution in [0.5, 0.6) is 17.5 Å². The molecule has 1 aromatic heterocycles. The van der Waals surface area contributed by atoms with Gasteiger partial charge in [-0.3, -0.25) is 0 Å². The molecule has 18 heavy (non-hydrogen) atoms. The van der Waals surface area contributed by atoms with Crippen LogP contribution in [0.15, 0.2) is 36.4 Å². The van der Waals surface area contributed by atoms with Gasteiger partial charge in [0, 0.05) is 23.9 Å². The number of pyridine rings is 1. The Morgan fingerprint density at radius 3 is 2.72 bits per heavy atom. The number of hydrogen-bond acceptors (Lipinski definition) is 4. The summed E-state index contributed by atoms with van der Waals surface area (Å²) >= 11 is 0. The second-order valence-corrected chi connectivity index (χ2v) is 3.87. The van der Waals surface area contributed by atoms with Gasteiger partial charge in [0.25, 0.3) is 0 Å². The number of anilines is 1. The minimum Gasteiger partial charge on any atom is -0.478 e. The zero-order valence-electron chi connectivity index (χ0n) is 10.5. The number of hydrogen-bond donors (Lipinski definition) is 1. The van der Waals surface area contributed by atoms with Crippen LogP contribution >= 0.6 is 0 Å². The summed E-state index contributed by atoms with van der Waals surface area (Å²) in [4.78, 5) is 4.24. The summed E-state index contributed by atoms with van der Waals surface area (Å²) in [6.45, 7) is 4.45. The molecule has 0 fully saturated rings. The quantitative estimate of drug-likeness (QED) is 0.839. The Morgan fingerprint density at radius 2 is 1.94 bits per heavy atom. The second kappa shape index (κ2) is 5.40. The molecule has 0 saturated carbocycles. The van der Waals surface area contributed by atoms with Gasteiger partial charge in [-0.2, -0.15) is 4.98 Å². The molecule has 0 atom stereocenters. The third kappa shape index (κ3) is 2.91. The maximum atomic E-state index is 5.73. The summed E-state index contributed by atoms with van der Waals surface area (Å²) in [5, 5.41) is 0. The van der Waals surface area contributed by atoms with Crippen molar-refractivity contribution >= 4 is 5.69 Å². The number of nitrogens with zero attached hydrogens (tertiary/aromatic N) is 1. The van der Waals surface area contributed by atoms with Crippen molar-refractivity contribution in [2.75, 3.05) is 12.3 Å². The number of ether oxygens (including phenoxy) is 2. The van der Waals surface area contributed by atoms with Crippen LogP contribution in [-0.4, -0.2) is 11.6 Å². The highest BCUT2D eigenvalue weighted by atomic mass is 16.5. The highest BCUT2D eigenvalue weighted by molar-refractivity contribution is 5.49. The van der Waals surface area contributed by atoms with Gasteiger partial charge in [-0.25, -0.2) is 0 Å². The van der Waals surface area contributed by atoms with Gasteiger partial charge in [0.15, 0.2) is 0 Å². The van der Waals surface area contributed by atoms with E-state index >= 15 is 0 Å². The van der Waals surface area contributed by atoms with Gasteiger partial charge in [0.05, 0.1) is 6.61 Å². The van der Waals surface area contributed by atoms with E-state index in [-0.39, 0.29) is 0 Å². The lowest BCUT2D eigenvalue weighted by atomic mass is 10.2. The molecule has 1 aromatic carbocycles. The molecular formula is C14H16N2O2. The van der Waals surface area contributed by atoms with Crippen LogP contribution in [0.1, 0.15) is 12.5 Å². The summed E-state index contributed by atoms with van der Waals surface area (Å²) in [5.41, 5.74) is 7.40. The van der Waals surface area contributed by atoms with Crippen LogP contribution in [0.25, 0.3) is 0 Å². The molecule has 0 radical (unpaired) electrons. The molecule has 2 N–H and O–H groups in total. The number of benzene rings is 1. The summed E-state index contributed by atoms with van der Waals surface area (Å²) in [6.07, 6.45) is 0.